The van der Waals surface area contributed by atoms with Gasteiger partial charge in [-0.2, -0.15) is 0 Å². The highest BCUT2D eigenvalue weighted by molar-refractivity contribution is 9.10. The van der Waals surface area contributed by atoms with Crippen molar-refractivity contribution in [1.82, 2.24) is 10.2 Å². The molecule has 17 heavy (non-hydrogen) atoms. The van der Waals surface area contributed by atoms with Crippen molar-refractivity contribution in [2.75, 3.05) is 6.61 Å². The van der Waals surface area contributed by atoms with Gasteiger partial charge in [0.15, 0.2) is 0 Å². The fourth-order valence-corrected chi connectivity index (χ4v) is 1.75. The van der Waals surface area contributed by atoms with E-state index in [9.17, 15) is 0 Å². The molecular weight excluding hydrogens is 284 g/mol. The maximum atomic E-state index is 8.73. The molecule has 0 atom stereocenters. The van der Waals surface area contributed by atoms with E-state index in [1.54, 1.807) is 0 Å². The average molecular weight is 297 g/mol. The van der Waals surface area contributed by atoms with Crippen molar-refractivity contribution < 1.29 is 9.52 Å². The van der Waals surface area contributed by atoms with Crippen LogP contribution in [0.5, 0.6) is 0 Å². The van der Waals surface area contributed by atoms with Crippen LogP contribution in [0.3, 0.4) is 0 Å². The third-order valence-corrected chi connectivity index (χ3v) is 2.90. The van der Waals surface area contributed by atoms with Crippen LogP contribution in [0.4, 0.5) is 0 Å². The summed E-state index contributed by atoms with van der Waals surface area (Å²) in [4.78, 5) is 0. The number of nitrogens with zero attached hydrogens (tertiary/aromatic N) is 2. The van der Waals surface area contributed by atoms with Gasteiger partial charge in [0.25, 0.3) is 0 Å². The smallest absolute Gasteiger partial charge is 0.218 e. The molecule has 2 rings (SSSR count). The standard InChI is InChI=1S/C12H13BrN2O2/c13-10-4-1-9(2-5-10)3-6-11-14-15-12(17-11)7-8-16/h1-2,4-5,16H,3,6-8H2. The Morgan fingerprint density at radius 2 is 1.65 bits per heavy atom. The minimum atomic E-state index is 0.0361. The van der Waals surface area contributed by atoms with Gasteiger partial charge in [-0.3, -0.25) is 0 Å². The van der Waals surface area contributed by atoms with Crippen molar-refractivity contribution in [3.8, 4) is 0 Å². The molecule has 0 aliphatic rings. The SMILES string of the molecule is OCCc1nnc(CCc2ccc(Br)cc2)o1. The van der Waals surface area contributed by atoms with Gasteiger partial charge in [0.2, 0.25) is 11.8 Å². The summed E-state index contributed by atoms with van der Waals surface area (Å²) in [5.74, 6) is 1.12. The predicted molar refractivity (Wildman–Crippen MR) is 66.6 cm³/mol. The van der Waals surface area contributed by atoms with Crippen LogP contribution in [-0.4, -0.2) is 21.9 Å². The summed E-state index contributed by atoms with van der Waals surface area (Å²) >= 11 is 3.40. The molecular formula is C12H13BrN2O2. The molecule has 1 N–H and O–H groups in total. The maximum Gasteiger partial charge on any atom is 0.218 e. The maximum absolute atomic E-state index is 8.73. The topological polar surface area (TPSA) is 59.2 Å². The lowest BCUT2D eigenvalue weighted by Crippen LogP contribution is -1.91. The van der Waals surface area contributed by atoms with E-state index >= 15 is 0 Å². The number of aryl methyl sites for hydroxylation is 2. The largest absolute Gasteiger partial charge is 0.425 e. The molecule has 0 aliphatic carbocycles. The molecule has 5 heteroatoms. The van der Waals surface area contributed by atoms with Crippen LogP contribution < -0.4 is 0 Å². The van der Waals surface area contributed by atoms with Gasteiger partial charge >= 0.3 is 0 Å². The van der Waals surface area contributed by atoms with E-state index in [0.29, 0.717) is 18.2 Å². The van der Waals surface area contributed by atoms with Gasteiger partial charge < -0.3 is 9.52 Å². The summed E-state index contributed by atoms with van der Waals surface area (Å²) in [5, 5.41) is 16.5. The van der Waals surface area contributed by atoms with Gasteiger partial charge in [0, 0.05) is 17.3 Å². The van der Waals surface area contributed by atoms with Crippen molar-refractivity contribution >= 4 is 15.9 Å². The molecule has 0 saturated heterocycles. The third-order valence-electron chi connectivity index (χ3n) is 2.38. The Bertz CT molecular complexity index is 468. The molecule has 0 aliphatic heterocycles. The number of aliphatic hydroxyl groups excluding tert-OH is 1. The zero-order chi connectivity index (χ0) is 12.1. The first-order chi connectivity index (χ1) is 8.28. The summed E-state index contributed by atoms with van der Waals surface area (Å²) in [7, 11) is 0. The van der Waals surface area contributed by atoms with E-state index in [1.165, 1.54) is 5.56 Å². The Kier molecular flexibility index (Phi) is 4.28. The second-order valence-corrected chi connectivity index (χ2v) is 4.61. The lowest BCUT2D eigenvalue weighted by molar-refractivity contribution is 0.283. The lowest BCUT2D eigenvalue weighted by atomic mass is 10.1. The Hall–Kier alpha value is -1.20. The monoisotopic (exact) mass is 296 g/mol. The summed E-state index contributed by atoms with van der Waals surface area (Å²) < 4.78 is 6.45. The molecule has 90 valence electrons. The quantitative estimate of drug-likeness (QED) is 0.918. The number of hydrogen-bond donors (Lipinski definition) is 1. The van der Waals surface area contributed by atoms with Crippen LogP contribution in [0.1, 0.15) is 17.3 Å². The van der Waals surface area contributed by atoms with E-state index in [1.807, 2.05) is 12.1 Å². The number of benzene rings is 1. The Morgan fingerprint density at radius 3 is 2.29 bits per heavy atom. The highest BCUT2D eigenvalue weighted by Crippen LogP contribution is 2.12. The van der Waals surface area contributed by atoms with Crippen molar-refractivity contribution in [3.05, 3.63) is 46.1 Å². The van der Waals surface area contributed by atoms with E-state index in [0.717, 1.165) is 17.3 Å². The van der Waals surface area contributed by atoms with Crippen LogP contribution >= 0.6 is 15.9 Å². The van der Waals surface area contributed by atoms with E-state index in [-0.39, 0.29) is 6.61 Å². The average Bonchev–Trinajstić information content (AvgIpc) is 2.77. The zero-order valence-electron chi connectivity index (χ0n) is 9.27. The van der Waals surface area contributed by atoms with Crippen LogP contribution in [0.25, 0.3) is 0 Å². The van der Waals surface area contributed by atoms with Crippen LogP contribution in [0.2, 0.25) is 0 Å². The molecule has 4 nitrogen and oxygen atoms in total. The van der Waals surface area contributed by atoms with Gasteiger partial charge in [-0.15, -0.1) is 10.2 Å². The van der Waals surface area contributed by atoms with E-state index in [4.69, 9.17) is 9.52 Å². The van der Waals surface area contributed by atoms with Crippen molar-refractivity contribution in [3.63, 3.8) is 0 Å². The molecule has 2 aromatic rings. The highest BCUT2D eigenvalue weighted by Gasteiger charge is 2.05. The van der Waals surface area contributed by atoms with Crippen molar-refractivity contribution in [2.24, 2.45) is 0 Å². The van der Waals surface area contributed by atoms with E-state index < -0.39 is 0 Å². The molecule has 1 aromatic heterocycles. The number of hydrogen-bond acceptors (Lipinski definition) is 4. The number of halogens is 1. The zero-order valence-corrected chi connectivity index (χ0v) is 10.9. The van der Waals surface area contributed by atoms with Gasteiger partial charge in [-0.05, 0) is 24.1 Å². The minimum absolute atomic E-state index is 0.0361. The van der Waals surface area contributed by atoms with Crippen molar-refractivity contribution in [2.45, 2.75) is 19.3 Å². The number of rotatable bonds is 5. The third kappa shape index (κ3) is 3.64. The predicted octanol–water partition coefficient (Wildman–Crippen LogP) is 2.15. The van der Waals surface area contributed by atoms with Gasteiger partial charge in [0.05, 0.1) is 6.61 Å². The second kappa shape index (κ2) is 5.93. The first-order valence-corrected chi connectivity index (χ1v) is 6.24. The molecule has 1 aromatic carbocycles. The molecule has 0 amide bonds. The molecule has 0 fully saturated rings. The first-order valence-electron chi connectivity index (χ1n) is 5.44. The van der Waals surface area contributed by atoms with Crippen molar-refractivity contribution in [1.29, 1.82) is 0 Å². The van der Waals surface area contributed by atoms with Crippen LogP contribution in [0, 0.1) is 0 Å². The van der Waals surface area contributed by atoms with Crippen LogP contribution in [-0.2, 0) is 19.3 Å². The number of aromatic nitrogens is 2. The Morgan fingerprint density at radius 1 is 1.00 bits per heavy atom. The van der Waals surface area contributed by atoms with Gasteiger partial charge in [-0.1, -0.05) is 28.1 Å². The summed E-state index contributed by atoms with van der Waals surface area (Å²) in [6, 6.07) is 8.16. The summed E-state index contributed by atoms with van der Waals surface area (Å²) in [6.07, 6.45) is 2.01. The fourth-order valence-electron chi connectivity index (χ4n) is 1.49. The summed E-state index contributed by atoms with van der Waals surface area (Å²) in [5.41, 5.74) is 1.23. The second-order valence-electron chi connectivity index (χ2n) is 3.69. The minimum Gasteiger partial charge on any atom is -0.425 e. The first kappa shape index (κ1) is 12.3. The summed E-state index contributed by atoms with van der Waals surface area (Å²) in [6.45, 7) is 0.0361. The fraction of sp³-hybridized carbons (Fsp3) is 0.333. The molecule has 1 heterocycles. The normalized spacial score (nSPS) is 10.7. The van der Waals surface area contributed by atoms with Crippen LogP contribution in [0.15, 0.2) is 33.2 Å². The van der Waals surface area contributed by atoms with E-state index in [2.05, 4.69) is 38.3 Å². The molecule has 0 unspecified atom stereocenters. The molecule has 0 spiro atoms. The highest BCUT2D eigenvalue weighted by atomic mass is 79.9. The Balaban J connectivity index is 1.90. The van der Waals surface area contributed by atoms with Gasteiger partial charge in [-0.25, -0.2) is 0 Å². The molecule has 0 bridgehead atoms. The molecule has 0 radical (unpaired) electrons. The van der Waals surface area contributed by atoms with Gasteiger partial charge in [0.1, 0.15) is 0 Å². The molecule has 0 saturated carbocycles. The Labute approximate surface area is 108 Å². The lowest BCUT2D eigenvalue weighted by Gasteiger charge is -1.98. The number of aliphatic hydroxyl groups is 1.